The highest BCUT2D eigenvalue weighted by Gasteiger charge is 2.30. The maximum atomic E-state index is 12.3. The summed E-state index contributed by atoms with van der Waals surface area (Å²) in [5, 5.41) is 10.1. The van der Waals surface area contributed by atoms with E-state index in [1.54, 1.807) is 0 Å². The summed E-state index contributed by atoms with van der Waals surface area (Å²) >= 11 is 0. The van der Waals surface area contributed by atoms with E-state index in [0.29, 0.717) is 25.7 Å². The molecule has 0 aromatic heterocycles. The van der Waals surface area contributed by atoms with Crippen molar-refractivity contribution in [2.45, 2.75) is 44.0 Å². The molecule has 0 amide bonds. The normalized spacial score (nSPS) is 24.3. The molecule has 0 spiro atoms. The van der Waals surface area contributed by atoms with Crippen molar-refractivity contribution in [3.8, 4) is 0 Å². The Labute approximate surface area is 136 Å². The Bertz CT molecular complexity index is 624. The van der Waals surface area contributed by atoms with Gasteiger partial charge in [0.2, 0.25) is 0 Å². The number of benzene rings is 2. The number of carbonyl (C=O) groups is 1. The van der Waals surface area contributed by atoms with Crippen LogP contribution in [0.1, 0.15) is 36.5 Å². The number of ketones is 1. The zero-order valence-electron chi connectivity index (χ0n) is 13.1. The van der Waals surface area contributed by atoms with E-state index in [9.17, 15) is 9.90 Å². The lowest BCUT2D eigenvalue weighted by atomic mass is 9.93. The van der Waals surface area contributed by atoms with E-state index in [2.05, 4.69) is 0 Å². The zero-order valence-corrected chi connectivity index (χ0v) is 13.1. The summed E-state index contributed by atoms with van der Waals surface area (Å²) in [6.07, 6.45) is 1.15. The topological polar surface area (TPSA) is 46.5 Å². The molecular weight excluding hydrogens is 288 g/mol. The summed E-state index contributed by atoms with van der Waals surface area (Å²) in [5.74, 6) is 0.155. The fraction of sp³-hybridized carbons (Fsp3) is 0.350. The average Bonchev–Trinajstić information content (AvgIpc) is 2.56. The minimum absolute atomic E-state index is 0.130. The molecule has 1 fully saturated rings. The van der Waals surface area contributed by atoms with Crippen molar-refractivity contribution < 1.29 is 14.6 Å². The van der Waals surface area contributed by atoms with Gasteiger partial charge in [-0.3, -0.25) is 4.79 Å². The van der Waals surface area contributed by atoms with Crippen LogP contribution < -0.4 is 0 Å². The summed E-state index contributed by atoms with van der Waals surface area (Å²) in [5.41, 5.74) is 2.08. The maximum Gasteiger partial charge on any atom is 0.139 e. The Kier molecular flexibility index (Phi) is 5.21. The Hall–Kier alpha value is -1.97. The fourth-order valence-electron chi connectivity index (χ4n) is 3.15. The van der Waals surface area contributed by atoms with Crippen molar-refractivity contribution in [2.24, 2.45) is 0 Å². The van der Waals surface area contributed by atoms with E-state index in [1.165, 1.54) is 0 Å². The SMILES string of the molecule is O=C(Cc1ccccc1)C[C@@H]1C[C@H](O)C[C@H](c2ccccc2)O1. The minimum atomic E-state index is -0.413. The molecule has 120 valence electrons. The molecule has 1 saturated heterocycles. The summed E-state index contributed by atoms with van der Waals surface area (Å²) in [4.78, 5) is 12.3. The number of aliphatic hydroxyl groups is 1. The van der Waals surface area contributed by atoms with Crippen molar-refractivity contribution >= 4 is 5.78 Å². The van der Waals surface area contributed by atoms with Crippen molar-refractivity contribution in [2.75, 3.05) is 0 Å². The van der Waals surface area contributed by atoms with Gasteiger partial charge in [0.1, 0.15) is 5.78 Å². The molecule has 3 atom stereocenters. The van der Waals surface area contributed by atoms with Crippen LogP contribution in [0.2, 0.25) is 0 Å². The van der Waals surface area contributed by atoms with Crippen molar-refractivity contribution in [3.63, 3.8) is 0 Å². The van der Waals surface area contributed by atoms with E-state index in [0.717, 1.165) is 11.1 Å². The third-order valence-electron chi connectivity index (χ3n) is 4.25. The van der Waals surface area contributed by atoms with Gasteiger partial charge in [0.05, 0.1) is 18.3 Å². The first-order chi connectivity index (χ1) is 11.2. The zero-order chi connectivity index (χ0) is 16.1. The highest BCUT2D eigenvalue weighted by atomic mass is 16.5. The molecule has 0 radical (unpaired) electrons. The first kappa shape index (κ1) is 15.9. The molecule has 23 heavy (non-hydrogen) atoms. The third-order valence-corrected chi connectivity index (χ3v) is 4.25. The molecule has 0 unspecified atom stereocenters. The van der Waals surface area contributed by atoms with Crippen LogP contribution in [-0.2, 0) is 16.0 Å². The van der Waals surface area contributed by atoms with E-state index in [1.807, 2.05) is 60.7 Å². The minimum Gasteiger partial charge on any atom is -0.393 e. The highest BCUT2D eigenvalue weighted by Crippen LogP contribution is 2.32. The summed E-state index contributed by atoms with van der Waals surface area (Å²) in [6, 6.07) is 19.6. The Balaban J connectivity index is 1.60. The van der Waals surface area contributed by atoms with Crippen LogP contribution in [0.5, 0.6) is 0 Å². The van der Waals surface area contributed by atoms with Crippen LogP contribution in [0.15, 0.2) is 60.7 Å². The third kappa shape index (κ3) is 4.50. The monoisotopic (exact) mass is 310 g/mol. The fourth-order valence-corrected chi connectivity index (χ4v) is 3.15. The lowest BCUT2D eigenvalue weighted by molar-refractivity contribution is -0.130. The van der Waals surface area contributed by atoms with E-state index in [-0.39, 0.29) is 18.0 Å². The second kappa shape index (κ2) is 7.53. The van der Waals surface area contributed by atoms with Gasteiger partial charge in [0, 0.05) is 25.7 Å². The molecule has 1 aliphatic rings. The number of carbonyl (C=O) groups excluding carboxylic acids is 1. The molecule has 1 aliphatic heterocycles. The van der Waals surface area contributed by atoms with Crippen molar-refractivity contribution in [1.29, 1.82) is 0 Å². The van der Waals surface area contributed by atoms with Gasteiger partial charge in [-0.15, -0.1) is 0 Å². The second-order valence-corrected chi connectivity index (χ2v) is 6.19. The molecular formula is C20H22O3. The van der Waals surface area contributed by atoms with Gasteiger partial charge in [0.25, 0.3) is 0 Å². The van der Waals surface area contributed by atoms with Gasteiger partial charge in [-0.1, -0.05) is 60.7 Å². The standard InChI is InChI=1S/C20H22O3/c21-17(11-15-7-3-1-4-8-15)12-19-13-18(22)14-20(23-19)16-9-5-2-6-10-16/h1-10,18-20,22H,11-14H2/t18-,19+,20+/m0/s1. The summed E-state index contributed by atoms with van der Waals surface area (Å²) in [6.45, 7) is 0. The van der Waals surface area contributed by atoms with Crippen molar-refractivity contribution in [1.82, 2.24) is 0 Å². The number of hydrogen-bond acceptors (Lipinski definition) is 3. The van der Waals surface area contributed by atoms with E-state index >= 15 is 0 Å². The molecule has 0 bridgehead atoms. The van der Waals surface area contributed by atoms with Gasteiger partial charge < -0.3 is 9.84 Å². The predicted molar refractivity (Wildman–Crippen MR) is 89.1 cm³/mol. The molecule has 2 aromatic rings. The summed E-state index contributed by atoms with van der Waals surface area (Å²) in [7, 11) is 0. The first-order valence-electron chi connectivity index (χ1n) is 8.15. The number of ether oxygens (including phenoxy) is 1. The lowest BCUT2D eigenvalue weighted by Gasteiger charge is -2.33. The molecule has 0 aliphatic carbocycles. The lowest BCUT2D eigenvalue weighted by Crippen LogP contribution is -2.33. The van der Waals surface area contributed by atoms with Crippen LogP contribution in [-0.4, -0.2) is 23.1 Å². The average molecular weight is 310 g/mol. The summed E-state index contributed by atoms with van der Waals surface area (Å²) < 4.78 is 6.07. The second-order valence-electron chi connectivity index (χ2n) is 6.19. The van der Waals surface area contributed by atoms with Crippen LogP contribution in [0, 0.1) is 0 Å². The maximum absolute atomic E-state index is 12.3. The number of rotatable bonds is 5. The highest BCUT2D eigenvalue weighted by molar-refractivity contribution is 5.81. The molecule has 1 N–H and O–H groups in total. The van der Waals surface area contributed by atoms with Crippen LogP contribution >= 0.6 is 0 Å². The van der Waals surface area contributed by atoms with Gasteiger partial charge >= 0.3 is 0 Å². The smallest absolute Gasteiger partial charge is 0.139 e. The first-order valence-corrected chi connectivity index (χ1v) is 8.15. The van der Waals surface area contributed by atoms with Crippen LogP contribution in [0.4, 0.5) is 0 Å². The number of Topliss-reactive ketones (excluding diaryl/α,β-unsaturated/α-hetero) is 1. The molecule has 0 saturated carbocycles. The molecule has 3 heteroatoms. The predicted octanol–water partition coefficient (Wildman–Crippen LogP) is 3.47. The van der Waals surface area contributed by atoms with Gasteiger partial charge in [0.15, 0.2) is 0 Å². The molecule has 3 rings (SSSR count). The molecule has 1 heterocycles. The largest absolute Gasteiger partial charge is 0.393 e. The molecule has 2 aromatic carbocycles. The Morgan fingerprint density at radius 2 is 1.65 bits per heavy atom. The van der Waals surface area contributed by atoms with Crippen LogP contribution in [0.3, 0.4) is 0 Å². The van der Waals surface area contributed by atoms with Crippen molar-refractivity contribution in [3.05, 3.63) is 71.8 Å². The van der Waals surface area contributed by atoms with Gasteiger partial charge in [-0.25, -0.2) is 0 Å². The Morgan fingerprint density at radius 1 is 1.00 bits per heavy atom. The van der Waals surface area contributed by atoms with Crippen LogP contribution in [0.25, 0.3) is 0 Å². The molecule has 3 nitrogen and oxygen atoms in total. The Morgan fingerprint density at radius 3 is 2.35 bits per heavy atom. The van der Waals surface area contributed by atoms with Gasteiger partial charge in [-0.05, 0) is 11.1 Å². The van der Waals surface area contributed by atoms with Gasteiger partial charge in [-0.2, -0.15) is 0 Å². The number of aliphatic hydroxyl groups excluding tert-OH is 1. The van der Waals surface area contributed by atoms with E-state index in [4.69, 9.17) is 4.74 Å². The quantitative estimate of drug-likeness (QED) is 0.920. The number of hydrogen-bond donors (Lipinski definition) is 1. The van der Waals surface area contributed by atoms with E-state index < -0.39 is 6.10 Å².